The highest BCUT2D eigenvalue weighted by Gasteiger charge is 2.29. The number of rotatable bonds is 6. The van der Waals surface area contributed by atoms with Crippen molar-refractivity contribution in [3.05, 3.63) is 36.4 Å². The molecule has 0 aromatic carbocycles. The van der Waals surface area contributed by atoms with E-state index in [1.807, 2.05) is 18.3 Å². The van der Waals surface area contributed by atoms with Crippen molar-refractivity contribution in [2.45, 2.75) is 44.9 Å². The van der Waals surface area contributed by atoms with Crippen LogP contribution in [0.1, 0.15) is 18.7 Å². The third kappa shape index (κ3) is 3.26. The molecule has 1 aliphatic carbocycles. The van der Waals surface area contributed by atoms with Gasteiger partial charge in [-0.3, -0.25) is 0 Å². The van der Waals surface area contributed by atoms with Crippen molar-refractivity contribution in [1.82, 2.24) is 29.1 Å². The minimum atomic E-state index is -2.48. The highest BCUT2D eigenvalue weighted by molar-refractivity contribution is 5.82. The second-order valence-corrected chi connectivity index (χ2v) is 7.51. The summed E-state index contributed by atoms with van der Waals surface area (Å²) in [5, 5.41) is 7.84. The lowest BCUT2D eigenvalue weighted by Gasteiger charge is -2.34. The summed E-state index contributed by atoms with van der Waals surface area (Å²) in [5.41, 5.74) is 3.31. The highest BCUT2D eigenvalue weighted by Crippen LogP contribution is 2.28. The van der Waals surface area contributed by atoms with E-state index in [2.05, 4.69) is 25.4 Å². The van der Waals surface area contributed by atoms with Crippen LogP contribution in [0.3, 0.4) is 0 Å². The molecule has 4 aromatic heterocycles. The number of aromatic nitrogens is 6. The van der Waals surface area contributed by atoms with Gasteiger partial charge in [-0.25, -0.2) is 28.2 Å². The Hall–Kier alpha value is -3.14. The maximum atomic E-state index is 13.0. The summed E-state index contributed by atoms with van der Waals surface area (Å²) in [6, 6.07) is 5.84. The smallest absolute Gasteiger partial charge is 0.256 e. The minimum absolute atomic E-state index is 0.299. The Labute approximate surface area is 170 Å². The zero-order valence-electron chi connectivity index (χ0n) is 16.6. The molecule has 0 amide bonds. The van der Waals surface area contributed by atoms with Gasteiger partial charge in [-0.1, -0.05) is 0 Å². The van der Waals surface area contributed by atoms with Crippen LogP contribution < -0.4 is 5.32 Å². The summed E-state index contributed by atoms with van der Waals surface area (Å²) in [6.07, 6.45) is 3.27. The lowest BCUT2D eigenvalue weighted by atomic mass is 9.89. The molecule has 0 saturated heterocycles. The number of fused-ring (bicyclic) bond motifs is 2. The Morgan fingerprint density at radius 1 is 1.23 bits per heavy atom. The summed E-state index contributed by atoms with van der Waals surface area (Å²) in [5.74, 6) is 1.07. The van der Waals surface area contributed by atoms with Crippen molar-refractivity contribution >= 4 is 22.6 Å². The van der Waals surface area contributed by atoms with Gasteiger partial charge in [0, 0.05) is 24.9 Å². The Morgan fingerprint density at radius 2 is 2.07 bits per heavy atom. The number of hydrogen-bond donors (Lipinski definition) is 1. The predicted octanol–water partition coefficient (Wildman–Crippen LogP) is 3.30. The number of imidazole rings is 1. The standard InChI is InChI=1S/C20H21F2N7O/c1-11-24-16-4-3-15(26-19(16)28(11)10-18(21)22)14-5-6-29-17(14)9-23-20(27-29)25-12-7-13(8-12)30-2/h3-6,9,12-13,18H,7-8,10H2,1-2H3,(H,25,27)/t12-,13-. The Morgan fingerprint density at radius 3 is 2.83 bits per heavy atom. The maximum Gasteiger partial charge on any atom is 0.256 e. The Kier molecular flexibility index (Phi) is 4.58. The van der Waals surface area contributed by atoms with E-state index in [1.54, 1.807) is 30.8 Å². The van der Waals surface area contributed by atoms with Crippen molar-refractivity contribution in [2.24, 2.45) is 0 Å². The first-order chi connectivity index (χ1) is 14.5. The average molecular weight is 413 g/mol. The molecule has 0 bridgehead atoms. The fraction of sp³-hybridized carbons (Fsp3) is 0.400. The molecule has 8 nitrogen and oxygen atoms in total. The van der Waals surface area contributed by atoms with Crippen LogP contribution in [0.4, 0.5) is 14.7 Å². The number of anilines is 1. The van der Waals surface area contributed by atoms with Gasteiger partial charge in [0.25, 0.3) is 6.43 Å². The predicted molar refractivity (Wildman–Crippen MR) is 108 cm³/mol. The van der Waals surface area contributed by atoms with Crippen LogP contribution in [0, 0.1) is 6.92 Å². The summed E-state index contributed by atoms with van der Waals surface area (Å²) in [7, 11) is 1.72. The van der Waals surface area contributed by atoms with Crippen LogP contribution in [0.15, 0.2) is 30.6 Å². The zero-order valence-corrected chi connectivity index (χ0v) is 16.6. The zero-order chi connectivity index (χ0) is 20.8. The lowest BCUT2D eigenvalue weighted by molar-refractivity contribution is 0.0326. The lowest BCUT2D eigenvalue weighted by Crippen LogP contribution is -2.40. The Bertz CT molecular complexity index is 1210. The van der Waals surface area contributed by atoms with E-state index in [9.17, 15) is 8.78 Å². The van der Waals surface area contributed by atoms with Gasteiger partial charge in [0.05, 0.1) is 30.1 Å². The molecular formula is C20H21F2N7O. The van der Waals surface area contributed by atoms with Crippen molar-refractivity contribution < 1.29 is 13.5 Å². The van der Waals surface area contributed by atoms with Gasteiger partial charge >= 0.3 is 0 Å². The van der Waals surface area contributed by atoms with Gasteiger partial charge in [-0.2, -0.15) is 0 Å². The van der Waals surface area contributed by atoms with Gasteiger partial charge < -0.3 is 14.6 Å². The van der Waals surface area contributed by atoms with Crippen molar-refractivity contribution in [1.29, 1.82) is 0 Å². The van der Waals surface area contributed by atoms with Gasteiger partial charge in [0.15, 0.2) is 5.65 Å². The monoisotopic (exact) mass is 413 g/mol. The second-order valence-electron chi connectivity index (χ2n) is 7.51. The van der Waals surface area contributed by atoms with E-state index < -0.39 is 13.0 Å². The fourth-order valence-electron chi connectivity index (χ4n) is 3.86. The van der Waals surface area contributed by atoms with Crippen molar-refractivity contribution in [3.63, 3.8) is 0 Å². The maximum absolute atomic E-state index is 13.0. The number of nitrogens with zero attached hydrogens (tertiary/aromatic N) is 6. The normalized spacial score (nSPS) is 19.0. The van der Waals surface area contributed by atoms with Gasteiger partial charge in [-0.15, -0.1) is 5.10 Å². The first kappa shape index (κ1) is 18.9. The fourth-order valence-corrected chi connectivity index (χ4v) is 3.86. The van der Waals surface area contributed by atoms with Gasteiger partial charge in [0.1, 0.15) is 11.3 Å². The van der Waals surface area contributed by atoms with E-state index in [1.165, 1.54) is 4.57 Å². The number of hydrogen-bond acceptors (Lipinski definition) is 6. The van der Waals surface area contributed by atoms with E-state index in [0.29, 0.717) is 40.8 Å². The van der Waals surface area contributed by atoms with Gasteiger partial charge in [-0.05, 0) is 38.0 Å². The SMILES string of the molecule is CO[C@H]1C[C@H](Nc2ncc3c(-c4ccc5nc(C)n(CC(F)F)c5n4)ccn3n2)C1. The summed E-state index contributed by atoms with van der Waals surface area (Å²) < 4.78 is 34.4. The van der Waals surface area contributed by atoms with Gasteiger partial charge in [0.2, 0.25) is 5.95 Å². The van der Waals surface area contributed by atoms with E-state index in [4.69, 9.17) is 4.74 Å². The molecule has 0 spiro atoms. The van der Waals surface area contributed by atoms with E-state index >= 15 is 0 Å². The van der Waals surface area contributed by atoms with Crippen LogP contribution in [-0.2, 0) is 11.3 Å². The van der Waals surface area contributed by atoms with Crippen molar-refractivity contribution in [3.8, 4) is 11.3 Å². The third-order valence-corrected chi connectivity index (χ3v) is 5.56. The molecule has 0 radical (unpaired) electrons. The minimum Gasteiger partial charge on any atom is -0.381 e. The molecule has 10 heteroatoms. The first-order valence-corrected chi connectivity index (χ1v) is 9.78. The van der Waals surface area contributed by atoms with Crippen LogP contribution in [0.25, 0.3) is 27.9 Å². The number of halogens is 2. The number of pyridine rings is 1. The van der Waals surface area contributed by atoms with Crippen LogP contribution >= 0.6 is 0 Å². The molecule has 5 rings (SSSR count). The Balaban J connectivity index is 1.46. The topological polar surface area (TPSA) is 82.2 Å². The van der Waals surface area contributed by atoms with E-state index in [-0.39, 0.29) is 0 Å². The number of nitrogens with one attached hydrogen (secondary N) is 1. The largest absolute Gasteiger partial charge is 0.381 e. The molecule has 1 N–H and O–H groups in total. The summed E-state index contributed by atoms with van der Waals surface area (Å²) in [6.45, 7) is 1.27. The number of methoxy groups -OCH3 is 1. The van der Waals surface area contributed by atoms with Crippen LogP contribution in [0.5, 0.6) is 0 Å². The third-order valence-electron chi connectivity index (χ3n) is 5.56. The first-order valence-electron chi connectivity index (χ1n) is 9.78. The molecule has 4 aromatic rings. The van der Waals surface area contributed by atoms with Crippen molar-refractivity contribution in [2.75, 3.05) is 12.4 Å². The molecule has 0 atom stereocenters. The van der Waals surface area contributed by atoms with E-state index in [0.717, 1.165) is 23.9 Å². The quantitative estimate of drug-likeness (QED) is 0.522. The highest BCUT2D eigenvalue weighted by atomic mass is 19.3. The molecule has 1 fully saturated rings. The molecule has 156 valence electrons. The van der Waals surface area contributed by atoms with Crippen LogP contribution in [0.2, 0.25) is 0 Å². The number of ether oxygens (including phenoxy) is 1. The number of alkyl halides is 2. The molecule has 0 aliphatic heterocycles. The summed E-state index contributed by atoms with van der Waals surface area (Å²) >= 11 is 0. The second kappa shape index (κ2) is 7.28. The summed E-state index contributed by atoms with van der Waals surface area (Å²) in [4.78, 5) is 13.4. The molecule has 0 unspecified atom stereocenters. The molecule has 1 saturated carbocycles. The molecular weight excluding hydrogens is 392 g/mol. The average Bonchev–Trinajstić information content (AvgIpc) is 3.24. The molecule has 1 aliphatic rings. The van der Waals surface area contributed by atoms with Crippen LogP contribution in [-0.4, -0.2) is 54.8 Å². The molecule has 30 heavy (non-hydrogen) atoms. The molecule has 4 heterocycles. The number of aryl methyl sites for hydroxylation is 1.